The van der Waals surface area contributed by atoms with Gasteiger partial charge in [-0.15, -0.1) is 0 Å². The number of fused-ring (bicyclic) bond motifs is 1. The number of ether oxygens (including phenoxy) is 2. The fraction of sp³-hybridized carbons (Fsp3) is 0.250. The highest BCUT2D eigenvalue weighted by Gasteiger charge is 2.31. The van der Waals surface area contributed by atoms with E-state index in [1.165, 1.54) is 28.2 Å². The third kappa shape index (κ3) is 4.75. The maximum Gasteiger partial charge on any atom is 0.253 e. The van der Waals surface area contributed by atoms with Gasteiger partial charge >= 0.3 is 0 Å². The van der Waals surface area contributed by atoms with E-state index in [-0.39, 0.29) is 23.9 Å². The van der Waals surface area contributed by atoms with E-state index < -0.39 is 10.0 Å². The second-order valence-electron chi connectivity index (χ2n) is 7.80. The van der Waals surface area contributed by atoms with Gasteiger partial charge in [0.15, 0.2) is 11.5 Å². The molecule has 1 saturated heterocycles. The average molecular weight is 498 g/mol. The second-order valence-corrected chi connectivity index (χ2v) is 10.8. The van der Waals surface area contributed by atoms with Gasteiger partial charge in [-0.25, -0.2) is 13.4 Å². The molecule has 2 aromatic carbocycles. The monoisotopic (exact) mass is 497 g/mol. The van der Waals surface area contributed by atoms with Gasteiger partial charge in [0.25, 0.3) is 5.91 Å². The molecule has 3 heterocycles. The van der Waals surface area contributed by atoms with E-state index in [0.717, 1.165) is 9.92 Å². The zero-order valence-electron chi connectivity index (χ0n) is 18.3. The van der Waals surface area contributed by atoms with Crippen LogP contribution in [0.2, 0.25) is 0 Å². The van der Waals surface area contributed by atoms with Crippen molar-refractivity contribution < 1.29 is 22.7 Å². The SMILES string of the molecule is O=C(c1ccc(Sc2ccccn2)cc1)N1CCN(S(=O)(=O)c2ccc3c(c2)OCCO3)CC1. The minimum atomic E-state index is -3.69. The number of hydrogen-bond acceptors (Lipinski definition) is 7. The first kappa shape index (κ1) is 22.7. The molecule has 8 nitrogen and oxygen atoms in total. The first-order valence-corrected chi connectivity index (χ1v) is 13.1. The summed E-state index contributed by atoms with van der Waals surface area (Å²) in [6.07, 6.45) is 1.74. The van der Waals surface area contributed by atoms with E-state index in [1.807, 2.05) is 30.3 Å². The Morgan fingerprint density at radius 3 is 2.32 bits per heavy atom. The number of nitrogens with zero attached hydrogens (tertiary/aromatic N) is 3. The number of hydrogen-bond donors (Lipinski definition) is 0. The molecule has 0 bridgehead atoms. The standard InChI is InChI=1S/C24H23N3O5S2/c28-24(18-4-6-19(7-5-18)33-23-3-1-2-10-25-23)26-11-13-27(14-12-26)34(29,30)20-8-9-21-22(17-20)32-16-15-31-21/h1-10,17H,11-16H2. The first-order chi connectivity index (χ1) is 16.5. The normalized spacial score (nSPS) is 16.3. The molecule has 1 fully saturated rings. The van der Waals surface area contributed by atoms with Crippen molar-refractivity contribution >= 4 is 27.7 Å². The van der Waals surface area contributed by atoms with Gasteiger partial charge in [0.1, 0.15) is 18.2 Å². The van der Waals surface area contributed by atoms with Gasteiger partial charge < -0.3 is 14.4 Å². The van der Waals surface area contributed by atoms with E-state index in [0.29, 0.717) is 43.4 Å². The number of piperazine rings is 1. The predicted molar refractivity (Wildman–Crippen MR) is 127 cm³/mol. The van der Waals surface area contributed by atoms with Crippen LogP contribution in [-0.2, 0) is 10.0 Å². The van der Waals surface area contributed by atoms with Crippen LogP contribution in [0.15, 0.2) is 81.7 Å². The third-order valence-electron chi connectivity index (χ3n) is 5.64. The summed E-state index contributed by atoms with van der Waals surface area (Å²) in [6.45, 7) is 1.95. The number of rotatable bonds is 5. The zero-order valence-corrected chi connectivity index (χ0v) is 19.9. The van der Waals surface area contributed by atoms with E-state index in [4.69, 9.17) is 9.47 Å². The van der Waals surface area contributed by atoms with Gasteiger partial charge in [-0.3, -0.25) is 4.79 Å². The van der Waals surface area contributed by atoms with Crippen molar-refractivity contribution in [3.05, 3.63) is 72.4 Å². The Bertz CT molecular complexity index is 1280. The van der Waals surface area contributed by atoms with Crippen LogP contribution in [0.5, 0.6) is 11.5 Å². The molecule has 5 rings (SSSR count). The Kier molecular flexibility index (Phi) is 6.44. The van der Waals surface area contributed by atoms with Crippen molar-refractivity contribution in [3.8, 4) is 11.5 Å². The summed E-state index contributed by atoms with van der Waals surface area (Å²) in [5.74, 6) is 0.877. The Balaban J connectivity index is 1.21. The summed E-state index contributed by atoms with van der Waals surface area (Å²) in [6, 6.07) is 17.8. The molecule has 3 aromatic rings. The van der Waals surface area contributed by atoms with Crippen LogP contribution in [0.25, 0.3) is 0 Å². The minimum Gasteiger partial charge on any atom is -0.486 e. The van der Waals surface area contributed by atoms with E-state index >= 15 is 0 Å². The van der Waals surface area contributed by atoms with Crippen LogP contribution >= 0.6 is 11.8 Å². The Labute approximate surface area is 202 Å². The predicted octanol–water partition coefficient (Wildman–Crippen LogP) is 3.15. The molecular formula is C24H23N3O5S2. The lowest BCUT2D eigenvalue weighted by Crippen LogP contribution is -2.50. The van der Waals surface area contributed by atoms with Crippen molar-refractivity contribution in [1.82, 2.24) is 14.2 Å². The van der Waals surface area contributed by atoms with E-state index in [2.05, 4.69) is 4.98 Å². The van der Waals surface area contributed by atoms with E-state index in [9.17, 15) is 13.2 Å². The Hall–Kier alpha value is -3.08. The van der Waals surface area contributed by atoms with Crippen molar-refractivity contribution in [2.45, 2.75) is 14.8 Å². The molecule has 0 atom stereocenters. The number of sulfonamides is 1. The number of pyridine rings is 1. The molecule has 0 radical (unpaired) electrons. The molecule has 0 spiro atoms. The van der Waals surface area contributed by atoms with E-state index in [1.54, 1.807) is 29.3 Å². The van der Waals surface area contributed by atoms with Crippen LogP contribution in [0.4, 0.5) is 0 Å². The smallest absolute Gasteiger partial charge is 0.253 e. The largest absolute Gasteiger partial charge is 0.486 e. The highest BCUT2D eigenvalue weighted by atomic mass is 32.2. The minimum absolute atomic E-state index is 0.106. The lowest BCUT2D eigenvalue weighted by Gasteiger charge is -2.34. The Morgan fingerprint density at radius 2 is 1.62 bits per heavy atom. The zero-order chi connectivity index (χ0) is 23.5. The number of amides is 1. The molecule has 1 amide bonds. The number of benzene rings is 2. The van der Waals surface area contributed by atoms with Crippen molar-refractivity contribution in [2.75, 3.05) is 39.4 Å². The molecule has 2 aliphatic rings. The van der Waals surface area contributed by atoms with Gasteiger partial charge in [-0.05, 0) is 48.5 Å². The maximum absolute atomic E-state index is 13.1. The summed E-state index contributed by atoms with van der Waals surface area (Å²) in [7, 11) is -3.69. The van der Waals surface area contributed by atoms with Crippen molar-refractivity contribution in [3.63, 3.8) is 0 Å². The van der Waals surface area contributed by atoms with Crippen LogP contribution in [0.1, 0.15) is 10.4 Å². The molecule has 0 aliphatic carbocycles. The molecule has 1 aromatic heterocycles. The van der Waals surface area contributed by atoms with Gasteiger partial charge in [-0.2, -0.15) is 4.31 Å². The molecule has 10 heteroatoms. The molecule has 0 saturated carbocycles. The van der Waals surface area contributed by atoms with Crippen LogP contribution in [-0.4, -0.2) is 67.9 Å². The topological polar surface area (TPSA) is 89.0 Å². The fourth-order valence-electron chi connectivity index (χ4n) is 3.84. The highest BCUT2D eigenvalue weighted by molar-refractivity contribution is 7.99. The number of aromatic nitrogens is 1. The second kappa shape index (κ2) is 9.65. The Morgan fingerprint density at radius 1 is 0.882 bits per heavy atom. The van der Waals surface area contributed by atoms with Crippen LogP contribution in [0.3, 0.4) is 0 Å². The maximum atomic E-state index is 13.1. The number of carbonyl (C=O) groups is 1. The molecular weight excluding hydrogens is 474 g/mol. The van der Waals surface area contributed by atoms with Crippen molar-refractivity contribution in [1.29, 1.82) is 0 Å². The lowest BCUT2D eigenvalue weighted by atomic mass is 10.2. The molecule has 0 unspecified atom stereocenters. The molecule has 34 heavy (non-hydrogen) atoms. The molecule has 2 aliphatic heterocycles. The fourth-order valence-corrected chi connectivity index (χ4v) is 6.05. The van der Waals surface area contributed by atoms with Crippen LogP contribution in [0, 0.1) is 0 Å². The van der Waals surface area contributed by atoms with Gasteiger partial charge in [-0.1, -0.05) is 17.8 Å². The number of carbonyl (C=O) groups excluding carboxylic acids is 1. The van der Waals surface area contributed by atoms with Gasteiger partial charge in [0.05, 0.1) is 4.90 Å². The van der Waals surface area contributed by atoms with Crippen molar-refractivity contribution in [2.24, 2.45) is 0 Å². The summed E-state index contributed by atoms with van der Waals surface area (Å²) >= 11 is 1.53. The van der Waals surface area contributed by atoms with Gasteiger partial charge in [0.2, 0.25) is 10.0 Å². The summed E-state index contributed by atoms with van der Waals surface area (Å²) < 4.78 is 38.7. The quantitative estimate of drug-likeness (QED) is 0.535. The summed E-state index contributed by atoms with van der Waals surface area (Å²) in [5.41, 5.74) is 0.577. The first-order valence-electron chi connectivity index (χ1n) is 10.9. The average Bonchev–Trinajstić information content (AvgIpc) is 2.89. The molecule has 0 N–H and O–H groups in total. The summed E-state index contributed by atoms with van der Waals surface area (Å²) in [4.78, 5) is 20.1. The third-order valence-corrected chi connectivity index (χ3v) is 8.49. The molecule has 176 valence electrons. The lowest BCUT2D eigenvalue weighted by molar-refractivity contribution is 0.0698. The highest BCUT2D eigenvalue weighted by Crippen LogP contribution is 2.33. The van der Waals surface area contributed by atoms with Crippen LogP contribution < -0.4 is 9.47 Å². The summed E-state index contributed by atoms with van der Waals surface area (Å²) in [5, 5.41) is 0.886. The van der Waals surface area contributed by atoms with Gasteiger partial charge in [0, 0.05) is 48.9 Å².